The highest BCUT2D eigenvalue weighted by Gasteiger charge is 2.09. The van der Waals surface area contributed by atoms with Crippen molar-refractivity contribution in [2.24, 2.45) is 0 Å². The molecule has 0 unspecified atom stereocenters. The fourth-order valence-corrected chi connectivity index (χ4v) is 1.70. The first-order valence-corrected chi connectivity index (χ1v) is 7.14. The minimum Gasteiger partial charge on any atom is -0.461 e. The van der Waals surface area contributed by atoms with Gasteiger partial charge < -0.3 is 15.4 Å². The van der Waals surface area contributed by atoms with Crippen LogP contribution in [0, 0.1) is 0 Å². The molecule has 2 aromatic rings. The van der Waals surface area contributed by atoms with E-state index in [0.717, 1.165) is 5.69 Å². The second-order valence-electron chi connectivity index (χ2n) is 4.59. The highest BCUT2D eigenvalue weighted by atomic mass is 35.5. The number of benzene rings is 1. The lowest BCUT2D eigenvalue weighted by Gasteiger charge is -2.11. The highest BCUT2D eigenvalue weighted by Crippen LogP contribution is 2.19. The summed E-state index contributed by atoms with van der Waals surface area (Å²) in [6, 6.07) is 7.57. The first-order chi connectivity index (χ1) is 10.1. The molecule has 0 spiro atoms. The van der Waals surface area contributed by atoms with Gasteiger partial charge >= 0.3 is 6.01 Å². The van der Waals surface area contributed by atoms with Crippen molar-refractivity contribution in [3.8, 4) is 6.01 Å². The standard InChI is InChI=1S/C14H18ClN5O/c1-4-16-12-18-13(20-14(19-12)21-9(2)3)17-11-7-5-10(15)6-8-11/h5-9H,4H2,1-3H3,(H2,16,17,18,19,20). The van der Waals surface area contributed by atoms with Crippen LogP contribution in [0.1, 0.15) is 20.8 Å². The number of nitrogens with zero attached hydrogens (tertiary/aromatic N) is 3. The van der Waals surface area contributed by atoms with Crippen molar-refractivity contribution in [3.63, 3.8) is 0 Å². The third kappa shape index (κ3) is 4.75. The maximum Gasteiger partial charge on any atom is 0.323 e. The summed E-state index contributed by atoms with van der Waals surface area (Å²) >= 11 is 5.86. The minimum absolute atomic E-state index is 0.00902. The van der Waals surface area contributed by atoms with Crippen LogP contribution in [0.5, 0.6) is 6.01 Å². The third-order valence-electron chi connectivity index (χ3n) is 2.39. The predicted molar refractivity (Wildman–Crippen MR) is 84.5 cm³/mol. The van der Waals surface area contributed by atoms with E-state index in [9.17, 15) is 0 Å². The summed E-state index contributed by atoms with van der Waals surface area (Å²) in [6.45, 7) is 6.52. The van der Waals surface area contributed by atoms with Crippen LogP contribution < -0.4 is 15.4 Å². The molecular formula is C14H18ClN5O. The largest absolute Gasteiger partial charge is 0.461 e. The Hall–Kier alpha value is -2.08. The Kier molecular flexibility index (Phi) is 5.16. The number of ether oxygens (including phenoxy) is 1. The maximum atomic E-state index is 5.86. The summed E-state index contributed by atoms with van der Waals surface area (Å²) in [5.41, 5.74) is 0.837. The van der Waals surface area contributed by atoms with Crippen molar-refractivity contribution in [2.45, 2.75) is 26.9 Å². The van der Waals surface area contributed by atoms with Gasteiger partial charge in [0.05, 0.1) is 6.10 Å². The van der Waals surface area contributed by atoms with Gasteiger partial charge in [-0.05, 0) is 45.0 Å². The molecular weight excluding hydrogens is 290 g/mol. The third-order valence-corrected chi connectivity index (χ3v) is 2.64. The van der Waals surface area contributed by atoms with E-state index in [1.54, 1.807) is 12.1 Å². The Morgan fingerprint density at radius 2 is 1.76 bits per heavy atom. The van der Waals surface area contributed by atoms with Crippen molar-refractivity contribution in [1.82, 2.24) is 15.0 Å². The van der Waals surface area contributed by atoms with Gasteiger partial charge in [-0.15, -0.1) is 0 Å². The van der Waals surface area contributed by atoms with Gasteiger partial charge in [0.1, 0.15) is 0 Å². The number of hydrogen-bond donors (Lipinski definition) is 2. The lowest BCUT2D eigenvalue weighted by atomic mass is 10.3. The van der Waals surface area contributed by atoms with Gasteiger partial charge in [-0.25, -0.2) is 0 Å². The van der Waals surface area contributed by atoms with Crippen LogP contribution in [-0.2, 0) is 0 Å². The Morgan fingerprint density at radius 1 is 1.10 bits per heavy atom. The average Bonchev–Trinajstić information content (AvgIpc) is 2.41. The number of rotatable bonds is 6. The van der Waals surface area contributed by atoms with E-state index in [0.29, 0.717) is 23.5 Å². The molecule has 6 nitrogen and oxygen atoms in total. The molecule has 2 N–H and O–H groups in total. The van der Waals surface area contributed by atoms with Gasteiger partial charge in [0.2, 0.25) is 11.9 Å². The van der Waals surface area contributed by atoms with E-state index in [2.05, 4.69) is 25.6 Å². The van der Waals surface area contributed by atoms with Crippen LogP contribution in [0.4, 0.5) is 17.6 Å². The summed E-state index contributed by atoms with van der Waals surface area (Å²) in [7, 11) is 0. The molecule has 0 atom stereocenters. The Labute approximate surface area is 128 Å². The molecule has 112 valence electrons. The van der Waals surface area contributed by atoms with Crippen molar-refractivity contribution < 1.29 is 4.74 Å². The molecule has 0 aliphatic rings. The summed E-state index contributed by atoms with van der Waals surface area (Å²) in [4.78, 5) is 12.7. The Bertz CT molecular complexity index is 588. The Balaban J connectivity index is 2.24. The number of nitrogens with one attached hydrogen (secondary N) is 2. The van der Waals surface area contributed by atoms with Gasteiger partial charge in [-0.3, -0.25) is 0 Å². The SMILES string of the molecule is CCNc1nc(Nc2ccc(Cl)cc2)nc(OC(C)C)n1. The molecule has 0 fully saturated rings. The van der Waals surface area contributed by atoms with E-state index >= 15 is 0 Å². The van der Waals surface area contributed by atoms with E-state index in [1.807, 2.05) is 32.9 Å². The maximum absolute atomic E-state index is 5.86. The summed E-state index contributed by atoms with van der Waals surface area (Å²) < 4.78 is 5.54. The van der Waals surface area contributed by atoms with E-state index in [4.69, 9.17) is 16.3 Å². The van der Waals surface area contributed by atoms with Crippen LogP contribution in [0.2, 0.25) is 5.02 Å². The average molecular weight is 308 g/mol. The molecule has 7 heteroatoms. The first kappa shape index (κ1) is 15.3. The van der Waals surface area contributed by atoms with Gasteiger partial charge in [0.25, 0.3) is 0 Å². The van der Waals surface area contributed by atoms with Gasteiger partial charge in [0.15, 0.2) is 0 Å². The second kappa shape index (κ2) is 7.08. The van der Waals surface area contributed by atoms with Crippen molar-refractivity contribution in [2.75, 3.05) is 17.2 Å². The quantitative estimate of drug-likeness (QED) is 0.851. The first-order valence-electron chi connectivity index (χ1n) is 6.76. The minimum atomic E-state index is -0.00902. The van der Waals surface area contributed by atoms with E-state index in [-0.39, 0.29) is 12.1 Å². The highest BCUT2D eigenvalue weighted by molar-refractivity contribution is 6.30. The van der Waals surface area contributed by atoms with Crippen LogP contribution in [0.15, 0.2) is 24.3 Å². The van der Waals surface area contributed by atoms with Crippen molar-refractivity contribution in [3.05, 3.63) is 29.3 Å². The van der Waals surface area contributed by atoms with Gasteiger partial charge in [0, 0.05) is 17.3 Å². The molecule has 21 heavy (non-hydrogen) atoms. The van der Waals surface area contributed by atoms with Crippen LogP contribution in [0.3, 0.4) is 0 Å². The molecule has 1 aromatic heterocycles. The molecule has 0 aliphatic heterocycles. The number of halogens is 1. The molecule has 1 heterocycles. The van der Waals surface area contributed by atoms with Crippen molar-refractivity contribution >= 4 is 29.2 Å². The van der Waals surface area contributed by atoms with Gasteiger partial charge in [-0.2, -0.15) is 15.0 Å². The van der Waals surface area contributed by atoms with Crippen LogP contribution in [-0.4, -0.2) is 27.6 Å². The lowest BCUT2D eigenvalue weighted by Crippen LogP contribution is -2.12. The van der Waals surface area contributed by atoms with Crippen molar-refractivity contribution in [1.29, 1.82) is 0 Å². The number of aromatic nitrogens is 3. The molecule has 0 saturated carbocycles. The van der Waals surface area contributed by atoms with Crippen LogP contribution in [0.25, 0.3) is 0 Å². The fraction of sp³-hybridized carbons (Fsp3) is 0.357. The number of anilines is 3. The zero-order chi connectivity index (χ0) is 15.2. The molecule has 2 rings (SSSR count). The second-order valence-corrected chi connectivity index (χ2v) is 5.03. The molecule has 1 aromatic carbocycles. The smallest absolute Gasteiger partial charge is 0.323 e. The summed E-state index contributed by atoms with van der Waals surface area (Å²) in [6.07, 6.45) is -0.00902. The summed E-state index contributed by atoms with van der Waals surface area (Å²) in [5.74, 6) is 0.888. The predicted octanol–water partition coefficient (Wildman–Crippen LogP) is 3.49. The lowest BCUT2D eigenvalue weighted by molar-refractivity contribution is 0.222. The molecule has 0 bridgehead atoms. The fourth-order valence-electron chi connectivity index (χ4n) is 1.58. The van der Waals surface area contributed by atoms with E-state index < -0.39 is 0 Å². The molecule has 0 saturated heterocycles. The number of hydrogen-bond acceptors (Lipinski definition) is 6. The Morgan fingerprint density at radius 3 is 2.38 bits per heavy atom. The van der Waals surface area contributed by atoms with Gasteiger partial charge in [-0.1, -0.05) is 11.6 Å². The molecule has 0 amide bonds. The zero-order valence-corrected chi connectivity index (χ0v) is 13.0. The molecule has 0 radical (unpaired) electrons. The van der Waals surface area contributed by atoms with Crippen LogP contribution >= 0.6 is 11.6 Å². The topological polar surface area (TPSA) is 72.0 Å². The zero-order valence-electron chi connectivity index (χ0n) is 12.2. The van der Waals surface area contributed by atoms with E-state index in [1.165, 1.54) is 0 Å². The summed E-state index contributed by atoms with van der Waals surface area (Å²) in [5, 5.41) is 6.83. The molecule has 0 aliphatic carbocycles. The monoisotopic (exact) mass is 307 g/mol. The normalized spacial score (nSPS) is 10.5.